The predicted octanol–water partition coefficient (Wildman–Crippen LogP) is 0.409. The van der Waals surface area contributed by atoms with Gasteiger partial charge in [-0.1, -0.05) is 30.3 Å². The highest BCUT2D eigenvalue weighted by Gasteiger charge is 2.24. The van der Waals surface area contributed by atoms with Gasteiger partial charge in [0.15, 0.2) is 0 Å². The zero-order valence-electron chi connectivity index (χ0n) is 15.7. The summed E-state index contributed by atoms with van der Waals surface area (Å²) in [6.07, 6.45) is 0.826. The zero-order valence-corrected chi connectivity index (χ0v) is 15.7. The lowest BCUT2D eigenvalue weighted by Gasteiger charge is -2.35. The molecular weight excluding hydrogens is 340 g/mol. The SMILES string of the molecule is NCCN1CCN(c2nc3c(c(=O)[nH]2)CN(Cc2ccccc2)CC3)CC1. The van der Waals surface area contributed by atoms with Crippen LogP contribution in [0.15, 0.2) is 35.1 Å². The van der Waals surface area contributed by atoms with E-state index in [1.54, 1.807) is 0 Å². The number of nitrogens with zero attached hydrogens (tertiary/aromatic N) is 4. The van der Waals surface area contributed by atoms with Crippen molar-refractivity contribution < 1.29 is 0 Å². The minimum absolute atomic E-state index is 0.0112. The lowest BCUT2D eigenvalue weighted by atomic mass is 10.1. The Morgan fingerprint density at radius 2 is 1.81 bits per heavy atom. The van der Waals surface area contributed by atoms with E-state index in [0.717, 1.165) is 69.4 Å². The highest BCUT2D eigenvalue weighted by atomic mass is 16.1. The summed E-state index contributed by atoms with van der Waals surface area (Å²) in [5.74, 6) is 0.725. The second-order valence-corrected chi connectivity index (χ2v) is 7.38. The molecule has 7 heteroatoms. The van der Waals surface area contributed by atoms with Gasteiger partial charge in [0.1, 0.15) is 0 Å². The van der Waals surface area contributed by atoms with E-state index in [4.69, 9.17) is 10.7 Å². The number of nitrogens with one attached hydrogen (secondary N) is 1. The average Bonchev–Trinajstić information content (AvgIpc) is 2.70. The molecule has 4 rings (SSSR count). The second-order valence-electron chi connectivity index (χ2n) is 7.38. The fraction of sp³-hybridized carbons (Fsp3) is 0.500. The molecule has 2 aliphatic rings. The monoisotopic (exact) mass is 368 g/mol. The molecule has 1 saturated heterocycles. The van der Waals surface area contributed by atoms with Crippen LogP contribution in [0.4, 0.5) is 5.95 Å². The lowest BCUT2D eigenvalue weighted by Crippen LogP contribution is -2.49. The Labute approximate surface area is 159 Å². The van der Waals surface area contributed by atoms with Gasteiger partial charge >= 0.3 is 0 Å². The largest absolute Gasteiger partial charge is 0.340 e. The van der Waals surface area contributed by atoms with Crippen LogP contribution in [0, 0.1) is 0 Å². The summed E-state index contributed by atoms with van der Waals surface area (Å²) in [4.78, 5) is 27.4. The number of aromatic nitrogens is 2. The first-order valence-electron chi connectivity index (χ1n) is 9.78. The maximum absolute atomic E-state index is 12.7. The summed E-state index contributed by atoms with van der Waals surface area (Å²) in [6, 6.07) is 10.4. The van der Waals surface area contributed by atoms with Crippen molar-refractivity contribution in [1.29, 1.82) is 0 Å². The number of anilines is 1. The number of H-pyrrole nitrogens is 1. The molecule has 0 spiro atoms. The number of nitrogens with two attached hydrogens (primary N) is 1. The van der Waals surface area contributed by atoms with E-state index in [0.29, 0.717) is 13.1 Å². The van der Waals surface area contributed by atoms with Gasteiger partial charge < -0.3 is 10.6 Å². The van der Waals surface area contributed by atoms with Crippen LogP contribution in [0.1, 0.15) is 16.8 Å². The number of rotatable bonds is 5. The van der Waals surface area contributed by atoms with E-state index in [9.17, 15) is 4.79 Å². The number of piperazine rings is 1. The molecule has 0 radical (unpaired) electrons. The minimum atomic E-state index is 0.0112. The highest BCUT2D eigenvalue weighted by Crippen LogP contribution is 2.19. The molecular formula is C20H28N6O. The fourth-order valence-electron chi connectivity index (χ4n) is 3.96. The van der Waals surface area contributed by atoms with Crippen LogP contribution in [-0.4, -0.2) is 65.6 Å². The topological polar surface area (TPSA) is 81.5 Å². The van der Waals surface area contributed by atoms with Crippen LogP contribution in [0.3, 0.4) is 0 Å². The van der Waals surface area contributed by atoms with Crippen molar-refractivity contribution in [2.75, 3.05) is 50.7 Å². The summed E-state index contributed by atoms with van der Waals surface area (Å²) >= 11 is 0. The third kappa shape index (κ3) is 4.21. The molecule has 3 N–H and O–H groups in total. The van der Waals surface area contributed by atoms with Gasteiger partial charge in [-0.15, -0.1) is 0 Å². The molecule has 2 aromatic rings. The van der Waals surface area contributed by atoms with Crippen LogP contribution in [0.5, 0.6) is 0 Å². The van der Waals surface area contributed by atoms with Gasteiger partial charge in [-0.05, 0) is 5.56 Å². The summed E-state index contributed by atoms with van der Waals surface area (Å²) in [6.45, 7) is 7.76. The number of hydrogen-bond donors (Lipinski definition) is 2. The molecule has 1 aromatic carbocycles. The summed E-state index contributed by atoms with van der Waals surface area (Å²) in [5.41, 5.74) is 8.71. The lowest BCUT2D eigenvalue weighted by molar-refractivity contribution is 0.241. The molecule has 2 aliphatic heterocycles. The van der Waals surface area contributed by atoms with Crippen molar-refractivity contribution in [2.45, 2.75) is 19.5 Å². The first-order chi connectivity index (χ1) is 13.2. The van der Waals surface area contributed by atoms with Gasteiger partial charge in [-0.2, -0.15) is 0 Å². The smallest absolute Gasteiger partial charge is 0.257 e. The number of aromatic amines is 1. The summed E-state index contributed by atoms with van der Waals surface area (Å²) in [5, 5.41) is 0. The van der Waals surface area contributed by atoms with Gasteiger partial charge in [0.2, 0.25) is 5.95 Å². The third-order valence-corrected chi connectivity index (χ3v) is 5.50. The van der Waals surface area contributed by atoms with Crippen LogP contribution < -0.4 is 16.2 Å². The van der Waals surface area contributed by atoms with E-state index in [1.807, 2.05) is 6.07 Å². The van der Waals surface area contributed by atoms with Crippen LogP contribution in [0.2, 0.25) is 0 Å². The standard InChI is InChI=1S/C20H28N6O/c21-7-9-24-10-12-26(13-11-24)20-22-18-6-8-25(15-17(18)19(27)23-20)14-16-4-2-1-3-5-16/h1-5H,6-15,21H2,(H,22,23,27). The predicted molar refractivity (Wildman–Crippen MR) is 107 cm³/mol. The number of benzene rings is 1. The molecule has 7 nitrogen and oxygen atoms in total. The molecule has 0 bridgehead atoms. The highest BCUT2D eigenvalue weighted by molar-refractivity contribution is 5.35. The van der Waals surface area contributed by atoms with E-state index in [1.165, 1.54) is 5.56 Å². The van der Waals surface area contributed by atoms with E-state index in [2.05, 4.69) is 43.9 Å². The second kappa shape index (κ2) is 8.21. The average molecular weight is 368 g/mol. The van der Waals surface area contributed by atoms with E-state index < -0.39 is 0 Å². The number of fused-ring (bicyclic) bond motifs is 1. The Bertz CT molecular complexity index is 813. The van der Waals surface area contributed by atoms with Crippen molar-refractivity contribution >= 4 is 5.95 Å². The van der Waals surface area contributed by atoms with Crippen molar-refractivity contribution in [3.8, 4) is 0 Å². The van der Waals surface area contributed by atoms with Gasteiger partial charge in [-0.3, -0.25) is 19.6 Å². The molecule has 1 aromatic heterocycles. The molecule has 0 aliphatic carbocycles. The summed E-state index contributed by atoms with van der Waals surface area (Å²) in [7, 11) is 0. The quantitative estimate of drug-likeness (QED) is 0.796. The molecule has 0 unspecified atom stereocenters. The van der Waals surface area contributed by atoms with Gasteiger partial charge in [0, 0.05) is 65.3 Å². The Morgan fingerprint density at radius 1 is 1.04 bits per heavy atom. The van der Waals surface area contributed by atoms with Crippen molar-refractivity contribution in [2.24, 2.45) is 5.73 Å². The molecule has 1 fully saturated rings. The maximum Gasteiger partial charge on any atom is 0.257 e. The molecule has 3 heterocycles. The van der Waals surface area contributed by atoms with Gasteiger partial charge in [0.25, 0.3) is 5.56 Å². The molecule has 0 amide bonds. The summed E-state index contributed by atoms with van der Waals surface area (Å²) < 4.78 is 0. The fourth-order valence-corrected chi connectivity index (χ4v) is 3.96. The molecule has 0 atom stereocenters. The Hall–Kier alpha value is -2.22. The first-order valence-corrected chi connectivity index (χ1v) is 9.78. The molecule has 0 saturated carbocycles. The normalized spacial score (nSPS) is 18.5. The zero-order chi connectivity index (χ0) is 18.6. The van der Waals surface area contributed by atoms with Crippen LogP contribution >= 0.6 is 0 Å². The molecule has 144 valence electrons. The Morgan fingerprint density at radius 3 is 2.56 bits per heavy atom. The van der Waals surface area contributed by atoms with Crippen LogP contribution in [-0.2, 0) is 19.5 Å². The maximum atomic E-state index is 12.7. The van der Waals surface area contributed by atoms with Crippen molar-refractivity contribution in [1.82, 2.24) is 19.8 Å². The minimum Gasteiger partial charge on any atom is -0.340 e. The number of hydrogen-bond acceptors (Lipinski definition) is 6. The van der Waals surface area contributed by atoms with E-state index in [-0.39, 0.29) is 5.56 Å². The first kappa shape index (κ1) is 18.2. The Balaban J connectivity index is 1.45. The Kier molecular flexibility index (Phi) is 5.52. The van der Waals surface area contributed by atoms with Gasteiger partial charge in [0.05, 0.1) is 11.3 Å². The van der Waals surface area contributed by atoms with Crippen molar-refractivity contribution in [3.05, 3.63) is 57.5 Å². The van der Waals surface area contributed by atoms with Crippen LogP contribution in [0.25, 0.3) is 0 Å². The van der Waals surface area contributed by atoms with E-state index >= 15 is 0 Å². The molecule has 27 heavy (non-hydrogen) atoms. The third-order valence-electron chi connectivity index (χ3n) is 5.50. The van der Waals surface area contributed by atoms with Crippen molar-refractivity contribution in [3.63, 3.8) is 0 Å². The van der Waals surface area contributed by atoms with Gasteiger partial charge in [-0.25, -0.2) is 4.98 Å².